The van der Waals surface area contributed by atoms with Gasteiger partial charge in [0.2, 0.25) is 5.91 Å². The van der Waals surface area contributed by atoms with Gasteiger partial charge in [-0.1, -0.05) is 0 Å². The summed E-state index contributed by atoms with van der Waals surface area (Å²) in [5, 5.41) is 13.1. The third-order valence-electron chi connectivity index (χ3n) is 2.81. The molecule has 0 aliphatic heterocycles. The molecule has 1 aromatic heterocycles. The lowest BCUT2D eigenvalue weighted by Crippen LogP contribution is -2.34. The van der Waals surface area contributed by atoms with Crippen LogP contribution < -0.4 is 10.6 Å². The molecule has 2 rings (SSSR count). The highest BCUT2D eigenvalue weighted by Crippen LogP contribution is 2.18. The van der Waals surface area contributed by atoms with Crippen LogP contribution in [-0.4, -0.2) is 28.7 Å². The van der Waals surface area contributed by atoms with Crippen LogP contribution in [0.15, 0.2) is 0 Å². The van der Waals surface area contributed by atoms with Crippen molar-refractivity contribution in [3.63, 3.8) is 0 Å². The largest absolute Gasteiger partial charge is 0.352 e. The summed E-state index contributed by atoms with van der Waals surface area (Å²) in [6.07, 6.45) is 2.26. The van der Waals surface area contributed by atoms with E-state index in [4.69, 9.17) is 0 Å². The highest BCUT2D eigenvalue weighted by Gasteiger charge is 2.22. The summed E-state index contributed by atoms with van der Waals surface area (Å²) in [4.78, 5) is 11.4. The number of hydrogen-bond donors (Lipinski definition) is 3. The molecule has 5 nitrogen and oxygen atoms in total. The van der Waals surface area contributed by atoms with Crippen molar-refractivity contribution >= 4 is 5.91 Å². The minimum Gasteiger partial charge on any atom is -0.352 e. The van der Waals surface area contributed by atoms with E-state index in [0.717, 1.165) is 29.8 Å². The van der Waals surface area contributed by atoms with Gasteiger partial charge in [0, 0.05) is 23.8 Å². The number of aromatic amines is 1. The third-order valence-corrected chi connectivity index (χ3v) is 2.81. The summed E-state index contributed by atoms with van der Waals surface area (Å²) >= 11 is 0. The molecule has 0 unspecified atom stereocenters. The number of nitrogens with zero attached hydrogens (tertiary/aromatic N) is 1. The molecule has 0 atom stereocenters. The Kier molecular flexibility index (Phi) is 3.24. The molecule has 0 saturated heterocycles. The summed E-state index contributed by atoms with van der Waals surface area (Å²) in [5.74, 6) is 0.0845. The highest BCUT2D eigenvalue weighted by molar-refractivity contribution is 5.78. The molecule has 1 aliphatic rings. The summed E-state index contributed by atoms with van der Waals surface area (Å²) < 4.78 is 0. The van der Waals surface area contributed by atoms with Crippen LogP contribution in [0.4, 0.5) is 0 Å². The number of nitrogens with one attached hydrogen (secondary N) is 3. The quantitative estimate of drug-likeness (QED) is 0.675. The minimum atomic E-state index is 0.0845. The Bertz CT molecular complexity index is 362. The maximum Gasteiger partial charge on any atom is 0.234 e. The first-order valence-electron chi connectivity index (χ1n) is 5.67. The first kappa shape index (κ1) is 11.1. The summed E-state index contributed by atoms with van der Waals surface area (Å²) in [6.45, 7) is 5.01. The van der Waals surface area contributed by atoms with Gasteiger partial charge in [-0.05, 0) is 26.7 Å². The molecule has 1 aromatic rings. The Morgan fingerprint density at radius 1 is 1.50 bits per heavy atom. The van der Waals surface area contributed by atoms with E-state index in [1.807, 2.05) is 13.8 Å². The fourth-order valence-electron chi connectivity index (χ4n) is 1.64. The lowest BCUT2D eigenvalue weighted by molar-refractivity contribution is -0.120. The van der Waals surface area contributed by atoms with E-state index >= 15 is 0 Å². The summed E-state index contributed by atoms with van der Waals surface area (Å²) in [7, 11) is 0. The summed E-state index contributed by atoms with van der Waals surface area (Å²) in [5.41, 5.74) is 3.21. The molecule has 1 aliphatic carbocycles. The Morgan fingerprint density at radius 3 is 2.81 bits per heavy atom. The van der Waals surface area contributed by atoms with E-state index < -0.39 is 0 Å². The smallest absolute Gasteiger partial charge is 0.234 e. The fourth-order valence-corrected chi connectivity index (χ4v) is 1.64. The van der Waals surface area contributed by atoms with Crippen LogP contribution in [-0.2, 0) is 11.3 Å². The van der Waals surface area contributed by atoms with Gasteiger partial charge in [0.25, 0.3) is 0 Å². The van der Waals surface area contributed by atoms with E-state index in [9.17, 15) is 4.79 Å². The Hall–Kier alpha value is -1.36. The van der Waals surface area contributed by atoms with E-state index in [0.29, 0.717) is 19.1 Å². The lowest BCUT2D eigenvalue weighted by Gasteiger charge is -2.05. The number of aromatic nitrogens is 2. The Balaban J connectivity index is 1.72. The second-order valence-electron chi connectivity index (χ2n) is 4.36. The van der Waals surface area contributed by atoms with Crippen molar-refractivity contribution in [3.8, 4) is 0 Å². The molecule has 0 radical (unpaired) electrons. The van der Waals surface area contributed by atoms with Gasteiger partial charge < -0.3 is 10.6 Å². The normalized spacial score (nSPS) is 15.1. The Labute approximate surface area is 95.0 Å². The van der Waals surface area contributed by atoms with Gasteiger partial charge in [-0.25, -0.2) is 0 Å². The number of carbonyl (C=O) groups excluding carboxylic acids is 1. The van der Waals surface area contributed by atoms with Crippen molar-refractivity contribution < 1.29 is 4.79 Å². The average Bonchev–Trinajstić information content (AvgIpc) is 2.99. The first-order valence-corrected chi connectivity index (χ1v) is 5.67. The zero-order chi connectivity index (χ0) is 11.5. The Morgan fingerprint density at radius 2 is 2.25 bits per heavy atom. The van der Waals surface area contributed by atoms with E-state index in [1.165, 1.54) is 0 Å². The van der Waals surface area contributed by atoms with Crippen LogP contribution in [0, 0.1) is 13.8 Å². The van der Waals surface area contributed by atoms with Crippen LogP contribution in [0.2, 0.25) is 0 Å². The average molecular weight is 222 g/mol. The van der Waals surface area contributed by atoms with E-state index in [1.54, 1.807) is 0 Å². The monoisotopic (exact) mass is 222 g/mol. The van der Waals surface area contributed by atoms with Crippen LogP contribution in [0.3, 0.4) is 0 Å². The van der Waals surface area contributed by atoms with E-state index in [-0.39, 0.29) is 5.91 Å². The van der Waals surface area contributed by atoms with Crippen molar-refractivity contribution in [1.82, 2.24) is 20.8 Å². The van der Waals surface area contributed by atoms with Crippen LogP contribution in [0.1, 0.15) is 29.8 Å². The number of aryl methyl sites for hydroxylation is 2. The van der Waals surface area contributed by atoms with Gasteiger partial charge in [-0.15, -0.1) is 0 Å². The van der Waals surface area contributed by atoms with Crippen molar-refractivity contribution in [2.24, 2.45) is 0 Å². The van der Waals surface area contributed by atoms with Crippen LogP contribution in [0.5, 0.6) is 0 Å². The van der Waals surface area contributed by atoms with Gasteiger partial charge in [-0.3, -0.25) is 9.89 Å². The predicted molar refractivity (Wildman–Crippen MR) is 60.9 cm³/mol. The number of rotatable bonds is 5. The molecule has 1 saturated carbocycles. The second kappa shape index (κ2) is 4.65. The first-order chi connectivity index (χ1) is 7.66. The fraction of sp³-hybridized carbons (Fsp3) is 0.636. The SMILES string of the molecule is Cc1n[nH]c(C)c1CNCC(=O)NC1CC1. The maximum atomic E-state index is 11.4. The number of hydrogen-bond acceptors (Lipinski definition) is 3. The summed E-state index contributed by atoms with van der Waals surface area (Å²) in [6, 6.07) is 0.437. The second-order valence-corrected chi connectivity index (χ2v) is 4.36. The third kappa shape index (κ3) is 2.82. The van der Waals surface area contributed by atoms with Gasteiger partial charge >= 0.3 is 0 Å². The lowest BCUT2D eigenvalue weighted by atomic mass is 10.2. The van der Waals surface area contributed by atoms with E-state index in [2.05, 4.69) is 20.8 Å². The van der Waals surface area contributed by atoms with Crippen molar-refractivity contribution in [2.75, 3.05) is 6.54 Å². The van der Waals surface area contributed by atoms with Crippen molar-refractivity contribution in [3.05, 3.63) is 17.0 Å². The predicted octanol–water partition coefficient (Wildman–Crippen LogP) is 0.395. The molecule has 5 heteroatoms. The standard InChI is InChI=1S/C11H18N4O/c1-7-10(8(2)15-14-7)5-12-6-11(16)13-9-3-4-9/h9,12H,3-6H2,1-2H3,(H,13,16)(H,14,15). The zero-order valence-electron chi connectivity index (χ0n) is 9.76. The number of amides is 1. The van der Waals surface area contributed by atoms with Gasteiger partial charge in [-0.2, -0.15) is 5.10 Å². The van der Waals surface area contributed by atoms with Crippen molar-refractivity contribution in [2.45, 2.75) is 39.3 Å². The van der Waals surface area contributed by atoms with Crippen molar-refractivity contribution in [1.29, 1.82) is 0 Å². The molecule has 0 spiro atoms. The topological polar surface area (TPSA) is 69.8 Å². The molecular weight excluding hydrogens is 204 g/mol. The molecule has 0 bridgehead atoms. The maximum absolute atomic E-state index is 11.4. The molecule has 3 N–H and O–H groups in total. The molecule has 1 fully saturated rings. The van der Waals surface area contributed by atoms with Gasteiger partial charge in [0.1, 0.15) is 0 Å². The molecule has 16 heavy (non-hydrogen) atoms. The highest BCUT2D eigenvalue weighted by atomic mass is 16.2. The van der Waals surface area contributed by atoms with Crippen LogP contribution >= 0.6 is 0 Å². The number of H-pyrrole nitrogens is 1. The molecule has 1 amide bonds. The molecular formula is C11H18N4O. The van der Waals surface area contributed by atoms with Gasteiger partial charge in [0.05, 0.1) is 12.2 Å². The molecule has 0 aromatic carbocycles. The van der Waals surface area contributed by atoms with Crippen LogP contribution in [0.25, 0.3) is 0 Å². The number of carbonyl (C=O) groups is 1. The van der Waals surface area contributed by atoms with Gasteiger partial charge in [0.15, 0.2) is 0 Å². The molecule has 1 heterocycles. The molecule has 88 valence electrons. The minimum absolute atomic E-state index is 0.0845. The zero-order valence-corrected chi connectivity index (χ0v) is 9.76.